The Bertz CT molecular complexity index is 1480. The van der Waals surface area contributed by atoms with Crippen LogP contribution in [0.25, 0.3) is 16.4 Å². The van der Waals surface area contributed by atoms with Gasteiger partial charge >= 0.3 is 6.18 Å². The average molecular weight is 494 g/mol. The predicted octanol–water partition coefficient (Wildman–Crippen LogP) is 4.60. The van der Waals surface area contributed by atoms with Crippen LogP contribution in [0.1, 0.15) is 35.2 Å². The standard InChI is InChI=1S/C26H26F3N7/c1-17-19(2-3-22-21(17)9-20(11-30)33-22)13-34-6-4-25(5-7-34)14-35(15-25)24-23-8-18(10-26(27,28)29)12-36(23)32-16-31-24/h2-3,8-9,12,16,33H,4-7,10,13-15H2,1H3. The Hall–Kier alpha value is -3.58. The number of nitrogens with zero attached hydrogens (tertiary/aromatic N) is 6. The molecule has 2 aliphatic rings. The molecule has 0 aliphatic carbocycles. The van der Waals surface area contributed by atoms with Crippen molar-refractivity contribution in [3.8, 4) is 6.07 Å². The van der Waals surface area contributed by atoms with Gasteiger partial charge in [0.05, 0.1) is 6.42 Å². The lowest BCUT2D eigenvalue weighted by Crippen LogP contribution is -2.60. The number of likely N-dealkylation sites (tertiary alicyclic amines) is 1. The molecule has 7 nitrogen and oxygen atoms in total. The fraction of sp³-hybridized carbons (Fsp3) is 0.423. The third-order valence-electron chi connectivity index (χ3n) is 7.82. The van der Waals surface area contributed by atoms with E-state index in [9.17, 15) is 18.4 Å². The zero-order chi connectivity index (χ0) is 25.1. The minimum atomic E-state index is -4.25. The number of halogens is 3. The molecule has 1 N–H and O–H groups in total. The number of aromatic nitrogens is 4. The number of nitriles is 1. The summed E-state index contributed by atoms with van der Waals surface area (Å²) in [5.41, 5.74) is 5.11. The summed E-state index contributed by atoms with van der Waals surface area (Å²) in [4.78, 5) is 12.2. The number of anilines is 1. The minimum Gasteiger partial charge on any atom is -0.354 e. The molecule has 5 heterocycles. The normalized spacial score (nSPS) is 18.1. The van der Waals surface area contributed by atoms with Gasteiger partial charge in [-0.1, -0.05) is 6.07 Å². The molecule has 6 rings (SSSR count). The first-order valence-electron chi connectivity index (χ1n) is 12.1. The average Bonchev–Trinajstić information content (AvgIpc) is 3.42. The molecule has 2 saturated heterocycles. The van der Waals surface area contributed by atoms with Gasteiger partial charge in [0, 0.05) is 42.1 Å². The van der Waals surface area contributed by atoms with Gasteiger partial charge in [-0.05, 0) is 67.7 Å². The van der Waals surface area contributed by atoms with Crippen molar-refractivity contribution in [2.45, 2.75) is 38.9 Å². The largest absolute Gasteiger partial charge is 0.393 e. The first-order valence-corrected chi connectivity index (χ1v) is 12.1. The topological polar surface area (TPSA) is 76.2 Å². The molecule has 186 valence electrons. The van der Waals surface area contributed by atoms with Crippen molar-refractivity contribution in [2.24, 2.45) is 5.41 Å². The summed E-state index contributed by atoms with van der Waals surface area (Å²) in [6.45, 7) is 6.72. The third kappa shape index (κ3) is 4.07. The summed E-state index contributed by atoms with van der Waals surface area (Å²) in [6.07, 6.45) is -0.207. The number of piperidine rings is 1. The molecule has 1 spiro atoms. The molecule has 0 saturated carbocycles. The number of rotatable bonds is 4. The molecule has 0 bridgehead atoms. The lowest BCUT2D eigenvalue weighted by molar-refractivity contribution is -0.127. The second-order valence-corrected chi connectivity index (χ2v) is 10.3. The molecule has 3 aromatic heterocycles. The number of aryl methyl sites for hydroxylation is 1. The van der Waals surface area contributed by atoms with Gasteiger partial charge in [-0.25, -0.2) is 9.50 Å². The number of H-pyrrole nitrogens is 1. The molecule has 0 unspecified atom stereocenters. The van der Waals surface area contributed by atoms with Crippen molar-refractivity contribution in [3.63, 3.8) is 0 Å². The molecule has 10 heteroatoms. The van der Waals surface area contributed by atoms with Crippen molar-refractivity contribution in [1.29, 1.82) is 5.26 Å². The maximum Gasteiger partial charge on any atom is 0.393 e. The van der Waals surface area contributed by atoms with Crippen LogP contribution in [0.2, 0.25) is 0 Å². The second-order valence-electron chi connectivity index (χ2n) is 10.3. The Morgan fingerprint density at radius 2 is 1.94 bits per heavy atom. The van der Waals surface area contributed by atoms with Gasteiger partial charge < -0.3 is 9.88 Å². The first kappa shape index (κ1) is 22.9. The van der Waals surface area contributed by atoms with Crippen molar-refractivity contribution in [3.05, 3.63) is 59.2 Å². The van der Waals surface area contributed by atoms with E-state index >= 15 is 0 Å². The third-order valence-corrected chi connectivity index (χ3v) is 7.82. The highest BCUT2D eigenvalue weighted by molar-refractivity contribution is 5.85. The maximum atomic E-state index is 12.8. The van der Waals surface area contributed by atoms with E-state index in [4.69, 9.17) is 0 Å². The van der Waals surface area contributed by atoms with Gasteiger partial charge in [-0.2, -0.15) is 23.5 Å². The Morgan fingerprint density at radius 3 is 2.67 bits per heavy atom. The lowest BCUT2D eigenvalue weighted by atomic mass is 9.72. The molecular formula is C26H26F3N7. The smallest absolute Gasteiger partial charge is 0.354 e. The number of hydrogen-bond donors (Lipinski definition) is 1. The van der Waals surface area contributed by atoms with Crippen LogP contribution in [0.4, 0.5) is 19.0 Å². The Morgan fingerprint density at radius 1 is 1.17 bits per heavy atom. The van der Waals surface area contributed by atoms with E-state index in [1.165, 1.54) is 28.2 Å². The van der Waals surface area contributed by atoms with Crippen LogP contribution in [0.15, 0.2) is 36.8 Å². The fourth-order valence-corrected chi connectivity index (χ4v) is 5.82. The lowest BCUT2D eigenvalue weighted by Gasteiger charge is -2.54. The minimum absolute atomic E-state index is 0.199. The number of nitrogens with one attached hydrogen (secondary N) is 1. The second kappa shape index (κ2) is 8.23. The maximum absolute atomic E-state index is 12.8. The highest BCUT2D eigenvalue weighted by Crippen LogP contribution is 2.43. The summed E-state index contributed by atoms with van der Waals surface area (Å²) in [6, 6.07) is 9.85. The van der Waals surface area contributed by atoms with Gasteiger partial charge in [0.2, 0.25) is 0 Å². The molecule has 0 radical (unpaired) electrons. The number of hydrogen-bond acceptors (Lipinski definition) is 5. The Balaban J connectivity index is 1.10. The number of alkyl halides is 3. The van der Waals surface area contributed by atoms with Crippen molar-refractivity contribution in [2.75, 3.05) is 31.1 Å². The number of benzene rings is 1. The zero-order valence-corrected chi connectivity index (χ0v) is 19.9. The Kier molecular flexibility index (Phi) is 5.23. The van der Waals surface area contributed by atoms with Gasteiger partial charge in [0.25, 0.3) is 0 Å². The molecule has 2 fully saturated rings. The predicted molar refractivity (Wildman–Crippen MR) is 130 cm³/mol. The summed E-state index contributed by atoms with van der Waals surface area (Å²) >= 11 is 0. The van der Waals surface area contributed by atoms with Crippen LogP contribution in [0.5, 0.6) is 0 Å². The van der Waals surface area contributed by atoms with Gasteiger partial charge in [-0.15, -0.1) is 0 Å². The van der Waals surface area contributed by atoms with Crippen LogP contribution in [0, 0.1) is 23.7 Å². The monoisotopic (exact) mass is 493 g/mol. The van der Waals surface area contributed by atoms with Crippen molar-refractivity contribution in [1.82, 2.24) is 24.5 Å². The van der Waals surface area contributed by atoms with E-state index in [-0.39, 0.29) is 11.0 Å². The number of aromatic amines is 1. The molecule has 1 aromatic carbocycles. The quantitative estimate of drug-likeness (QED) is 0.450. The molecule has 0 amide bonds. The van der Waals surface area contributed by atoms with E-state index < -0.39 is 12.6 Å². The molecule has 2 aliphatic heterocycles. The highest BCUT2D eigenvalue weighted by Gasteiger charge is 2.46. The van der Waals surface area contributed by atoms with Crippen LogP contribution in [0.3, 0.4) is 0 Å². The van der Waals surface area contributed by atoms with Crippen LogP contribution in [-0.4, -0.2) is 56.8 Å². The molecule has 4 aromatic rings. The van der Waals surface area contributed by atoms with Crippen LogP contribution in [-0.2, 0) is 13.0 Å². The first-order chi connectivity index (χ1) is 17.2. The molecular weight excluding hydrogens is 467 g/mol. The van der Waals surface area contributed by atoms with E-state index in [1.807, 2.05) is 6.07 Å². The summed E-state index contributed by atoms with van der Waals surface area (Å²) < 4.78 is 40.0. The summed E-state index contributed by atoms with van der Waals surface area (Å²) in [5.74, 6) is 0.707. The SMILES string of the molecule is Cc1c(CN2CCC3(CC2)CN(c2ncnn4cc(CC(F)(F)F)cc24)C3)ccc2[nH]c(C#N)cc12. The van der Waals surface area contributed by atoms with E-state index in [0.29, 0.717) is 17.0 Å². The van der Waals surface area contributed by atoms with E-state index in [0.717, 1.165) is 56.5 Å². The van der Waals surface area contributed by atoms with Gasteiger partial charge in [-0.3, -0.25) is 4.90 Å². The van der Waals surface area contributed by atoms with E-state index in [2.05, 4.69) is 50.0 Å². The van der Waals surface area contributed by atoms with E-state index in [1.54, 1.807) is 6.07 Å². The van der Waals surface area contributed by atoms with Crippen molar-refractivity contribution >= 4 is 22.2 Å². The summed E-state index contributed by atoms with van der Waals surface area (Å²) in [5, 5.41) is 14.4. The van der Waals surface area contributed by atoms with Gasteiger partial charge in [0.15, 0.2) is 5.82 Å². The molecule has 36 heavy (non-hydrogen) atoms. The van der Waals surface area contributed by atoms with Gasteiger partial charge in [0.1, 0.15) is 23.6 Å². The van der Waals surface area contributed by atoms with Crippen LogP contribution >= 0.6 is 0 Å². The zero-order valence-electron chi connectivity index (χ0n) is 19.9. The van der Waals surface area contributed by atoms with Crippen molar-refractivity contribution < 1.29 is 13.2 Å². The fourth-order valence-electron chi connectivity index (χ4n) is 5.82. The molecule has 0 atom stereocenters. The number of fused-ring (bicyclic) bond motifs is 2. The summed E-state index contributed by atoms with van der Waals surface area (Å²) in [7, 11) is 0. The van der Waals surface area contributed by atoms with Crippen LogP contribution < -0.4 is 4.90 Å². The Labute approximate surface area is 206 Å². The highest BCUT2D eigenvalue weighted by atomic mass is 19.4.